The molecule has 1 rings (SSSR count). The van der Waals surface area contributed by atoms with Crippen molar-refractivity contribution >= 4 is 0 Å². The van der Waals surface area contributed by atoms with E-state index in [9.17, 15) is 0 Å². The number of unbranched alkanes of at least 4 members (excludes halogenated alkanes) is 6. The van der Waals surface area contributed by atoms with Crippen LogP contribution in [0.3, 0.4) is 0 Å². The summed E-state index contributed by atoms with van der Waals surface area (Å²) in [7, 11) is 0. The van der Waals surface area contributed by atoms with E-state index in [-0.39, 0.29) is 4.70 Å². The molecule has 1 aromatic carbocycles. The van der Waals surface area contributed by atoms with Crippen LogP contribution in [0.25, 0.3) is 0 Å². The summed E-state index contributed by atoms with van der Waals surface area (Å²) in [6.45, 7) is 2.27. The Morgan fingerprint density at radius 1 is 0.750 bits per heavy atom. The summed E-state index contributed by atoms with van der Waals surface area (Å²) in [5, 5.41) is 0. The minimum atomic E-state index is 0. The van der Waals surface area contributed by atoms with Gasteiger partial charge in [-0.3, -0.25) is 4.70 Å². The Balaban J connectivity index is 0.00000225. The van der Waals surface area contributed by atoms with Crippen molar-refractivity contribution in [2.75, 3.05) is 0 Å². The molecule has 1 aromatic rings. The maximum absolute atomic E-state index is 2.27. The molecule has 0 aliphatic rings. The second-order valence-electron chi connectivity index (χ2n) is 4.36. The third kappa shape index (κ3) is 7.44. The van der Waals surface area contributed by atoms with Crippen LogP contribution in [0.1, 0.15) is 57.4 Å². The van der Waals surface area contributed by atoms with Crippen LogP contribution in [0.5, 0.6) is 0 Å². The Kier molecular flexibility index (Phi) is 10.1. The van der Waals surface area contributed by atoms with E-state index < -0.39 is 0 Å². The van der Waals surface area contributed by atoms with Gasteiger partial charge in [0.2, 0.25) is 0 Å². The first kappa shape index (κ1) is 15.2. The molecule has 0 atom stereocenters. The lowest BCUT2D eigenvalue weighted by Crippen LogP contribution is -1.85. The van der Waals surface area contributed by atoms with Crippen LogP contribution in [-0.2, 0) is 6.42 Å². The van der Waals surface area contributed by atoms with Crippen LogP contribution in [0.4, 0.5) is 4.70 Å². The Morgan fingerprint density at radius 3 is 1.94 bits per heavy atom. The second-order valence-corrected chi connectivity index (χ2v) is 4.36. The van der Waals surface area contributed by atoms with E-state index in [1.807, 2.05) is 0 Å². The zero-order chi connectivity index (χ0) is 10.8. The molecule has 16 heavy (non-hydrogen) atoms. The fraction of sp³-hybridized carbons (Fsp3) is 0.600. The molecular formula is C15H25F. The van der Waals surface area contributed by atoms with Gasteiger partial charge in [0.1, 0.15) is 0 Å². The van der Waals surface area contributed by atoms with Crippen molar-refractivity contribution in [3.63, 3.8) is 0 Å². The fourth-order valence-electron chi connectivity index (χ4n) is 1.93. The lowest BCUT2D eigenvalue weighted by molar-refractivity contribution is 0.589. The van der Waals surface area contributed by atoms with E-state index in [2.05, 4.69) is 37.3 Å². The summed E-state index contributed by atoms with van der Waals surface area (Å²) in [6.07, 6.45) is 11.1. The Bertz CT molecular complexity index is 230. The number of benzene rings is 1. The molecule has 0 unspecified atom stereocenters. The molecule has 0 aliphatic heterocycles. The minimum Gasteiger partial charge on any atom is -0.269 e. The topological polar surface area (TPSA) is 0 Å². The van der Waals surface area contributed by atoms with Crippen molar-refractivity contribution in [1.82, 2.24) is 0 Å². The van der Waals surface area contributed by atoms with Crippen LogP contribution in [0, 0.1) is 0 Å². The minimum absolute atomic E-state index is 0. The largest absolute Gasteiger partial charge is 0.269 e. The normalized spacial score (nSPS) is 9.81. The third-order valence-electron chi connectivity index (χ3n) is 2.91. The van der Waals surface area contributed by atoms with E-state index in [1.165, 1.54) is 56.9 Å². The maximum atomic E-state index is 2.27. The van der Waals surface area contributed by atoms with Crippen molar-refractivity contribution in [2.45, 2.75) is 58.3 Å². The number of aryl methyl sites for hydroxylation is 1. The summed E-state index contributed by atoms with van der Waals surface area (Å²) in [5.74, 6) is 0. The van der Waals surface area contributed by atoms with Crippen molar-refractivity contribution < 1.29 is 4.70 Å². The van der Waals surface area contributed by atoms with E-state index in [4.69, 9.17) is 0 Å². The summed E-state index contributed by atoms with van der Waals surface area (Å²) in [5.41, 5.74) is 1.49. The highest BCUT2D eigenvalue weighted by Crippen LogP contribution is 2.10. The Hall–Kier alpha value is -0.850. The molecular weight excluding hydrogens is 199 g/mol. The van der Waals surface area contributed by atoms with E-state index >= 15 is 0 Å². The predicted octanol–water partition coefficient (Wildman–Crippen LogP) is 5.13. The summed E-state index contributed by atoms with van der Waals surface area (Å²) < 4.78 is 0. The molecule has 0 nitrogen and oxygen atoms in total. The second kappa shape index (κ2) is 10.7. The molecule has 0 fully saturated rings. The molecule has 1 heteroatoms. The molecule has 0 heterocycles. The smallest absolute Gasteiger partial charge is 0.0279 e. The van der Waals surface area contributed by atoms with Gasteiger partial charge in [0, 0.05) is 0 Å². The average molecular weight is 224 g/mol. The molecule has 92 valence electrons. The molecule has 0 saturated heterocycles. The van der Waals surface area contributed by atoms with Gasteiger partial charge in [0.15, 0.2) is 0 Å². The van der Waals surface area contributed by atoms with Crippen LogP contribution >= 0.6 is 0 Å². The van der Waals surface area contributed by atoms with Gasteiger partial charge in [0.25, 0.3) is 0 Å². The molecule has 0 N–H and O–H groups in total. The first-order valence-corrected chi connectivity index (χ1v) is 6.47. The van der Waals surface area contributed by atoms with Crippen LogP contribution in [-0.4, -0.2) is 0 Å². The molecule has 0 aromatic heterocycles. The standard InChI is InChI=1S/C15H24.FH/c1-2-3-4-5-6-7-9-12-15-13-10-8-11-14-15;/h8,10-11,13-14H,2-7,9,12H2,1H3;1H. The average Bonchev–Trinajstić information content (AvgIpc) is 2.29. The zero-order valence-electron chi connectivity index (χ0n) is 10.5. The van der Waals surface area contributed by atoms with E-state index in [0.717, 1.165) is 0 Å². The van der Waals surface area contributed by atoms with Gasteiger partial charge < -0.3 is 0 Å². The van der Waals surface area contributed by atoms with Gasteiger partial charge in [0.05, 0.1) is 0 Å². The fourth-order valence-corrected chi connectivity index (χ4v) is 1.93. The number of halogens is 1. The Morgan fingerprint density at radius 2 is 1.31 bits per heavy atom. The van der Waals surface area contributed by atoms with Crippen LogP contribution in [0.15, 0.2) is 30.3 Å². The van der Waals surface area contributed by atoms with Crippen molar-refractivity contribution in [2.24, 2.45) is 0 Å². The van der Waals surface area contributed by atoms with E-state index in [0.29, 0.717) is 0 Å². The monoisotopic (exact) mass is 224 g/mol. The zero-order valence-corrected chi connectivity index (χ0v) is 10.5. The highest BCUT2D eigenvalue weighted by atomic mass is 19.0. The first-order valence-electron chi connectivity index (χ1n) is 6.47. The van der Waals surface area contributed by atoms with Gasteiger partial charge >= 0.3 is 0 Å². The molecule has 0 spiro atoms. The highest BCUT2D eigenvalue weighted by molar-refractivity contribution is 5.14. The van der Waals surface area contributed by atoms with Gasteiger partial charge in [-0.05, 0) is 18.4 Å². The number of hydrogen-bond acceptors (Lipinski definition) is 0. The third-order valence-corrected chi connectivity index (χ3v) is 2.91. The van der Waals surface area contributed by atoms with Gasteiger partial charge in [-0.25, -0.2) is 0 Å². The summed E-state index contributed by atoms with van der Waals surface area (Å²) in [6, 6.07) is 10.8. The SMILES string of the molecule is CCCCCCCCCc1ccccc1.F. The Labute approximate surface area is 99.4 Å². The van der Waals surface area contributed by atoms with E-state index in [1.54, 1.807) is 0 Å². The van der Waals surface area contributed by atoms with Crippen molar-refractivity contribution in [3.05, 3.63) is 35.9 Å². The lowest BCUT2D eigenvalue weighted by atomic mass is 10.0. The summed E-state index contributed by atoms with van der Waals surface area (Å²) >= 11 is 0. The van der Waals surface area contributed by atoms with Crippen LogP contribution < -0.4 is 0 Å². The quantitative estimate of drug-likeness (QED) is 0.537. The van der Waals surface area contributed by atoms with Gasteiger partial charge in [-0.1, -0.05) is 75.8 Å². The maximum Gasteiger partial charge on any atom is -0.0279 e. The molecule has 0 amide bonds. The number of hydrogen-bond donors (Lipinski definition) is 0. The van der Waals surface area contributed by atoms with Gasteiger partial charge in [-0.15, -0.1) is 0 Å². The van der Waals surface area contributed by atoms with Crippen molar-refractivity contribution in [1.29, 1.82) is 0 Å². The molecule has 0 bridgehead atoms. The summed E-state index contributed by atoms with van der Waals surface area (Å²) in [4.78, 5) is 0. The van der Waals surface area contributed by atoms with Gasteiger partial charge in [-0.2, -0.15) is 0 Å². The number of rotatable bonds is 8. The predicted molar refractivity (Wildman–Crippen MR) is 70.6 cm³/mol. The molecule has 0 radical (unpaired) electrons. The highest BCUT2D eigenvalue weighted by Gasteiger charge is 1.92. The molecule has 0 saturated carbocycles. The van der Waals surface area contributed by atoms with Crippen LogP contribution in [0.2, 0.25) is 0 Å². The first-order chi connectivity index (χ1) is 7.43. The van der Waals surface area contributed by atoms with Crippen molar-refractivity contribution in [3.8, 4) is 0 Å². The molecule has 0 aliphatic carbocycles. The lowest BCUT2D eigenvalue weighted by Gasteiger charge is -2.01.